The molecule has 0 fully saturated rings. The van der Waals surface area contributed by atoms with Gasteiger partial charge in [-0.2, -0.15) is 0 Å². The maximum absolute atomic E-state index is 10.7. The maximum atomic E-state index is 10.7. The van der Waals surface area contributed by atoms with Gasteiger partial charge >= 0.3 is 5.97 Å². The average molecular weight is 247 g/mol. The van der Waals surface area contributed by atoms with Crippen molar-refractivity contribution in [1.82, 2.24) is 0 Å². The molecule has 1 aromatic rings. The fourth-order valence-electron chi connectivity index (χ4n) is 1.12. The topological polar surface area (TPSA) is 38.7 Å². The van der Waals surface area contributed by atoms with Gasteiger partial charge in [-0.3, -0.25) is 0 Å². The third kappa shape index (κ3) is 4.33. The molecular weight excluding hydrogens is 234 g/mol. The molecule has 17 heavy (non-hydrogen) atoms. The molecule has 0 radical (unpaired) electrons. The molecule has 88 valence electrons. The first-order valence-corrected chi connectivity index (χ1v) is 6.22. The van der Waals surface area contributed by atoms with E-state index in [1.807, 2.05) is 30.5 Å². The number of rotatable bonds is 3. The molecule has 0 heterocycles. The lowest BCUT2D eigenvalue weighted by Gasteiger charge is -2.00. The number of benzene rings is 1. The summed E-state index contributed by atoms with van der Waals surface area (Å²) in [5.41, 5.74) is 1.29. The van der Waals surface area contributed by atoms with Crippen LogP contribution in [0.2, 0.25) is 0 Å². The van der Waals surface area contributed by atoms with Crippen LogP contribution < -0.4 is 0 Å². The summed E-state index contributed by atoms with van der Waals surface area (Å²) in [6, 6.07) is 7.75. The summed E-state index contributed by atoms with van der Waals surface area (Å²) in [6.45, 7) is 3.01. The van der Waals surface area contributed by atoms with E-state index in [9.17, 15) is 4.79 Å². The Morgan fingerprint density at radius 2 is 2.00 bits per heavy atom. The fraction of sp³-hybridized carbons (Fsp3) is 0.231. The van der Waals surface area contributed by atoms with Crippen LogP contribution in [0.15, 0.2) is 34.3 Å². The summed E-state index contributed by atoms with van der Waals surface area (Å²) in [7, 11) is 0. The Bertz CT molecular complexity index is 480. The van der Waals surface area contributed by atoms with Crippen molar-refractivity contribution in [3.05, 3.63) is 29.8 Å². The minimum absolute atomic E-state index is 0.454. The molecule has 4 heteroatoms. The van der Waals surface area contributed by atoms with E-state index >= 15 is 0 Å². The second kappa shape index (κ2) is 6.77. The second-order valence-electron chi connectivity index (χ2n) is 3.13. The third-order valence-corrected chi connectivity index (χ3v) is 2.62. The summed E-state index contributed by atoms with van der Waals surface area (Å²) in [4.78, 5) is 16.5. The molecule has 0 saturated heterocycles. The first-order chi connectivity index (χ1) is 8.17. The molecule has 0 aliphatic heterocycles. The molecule has 0 aliphatic carbocycles. The molecule has 3 nitrogen and oxygen atoms in total. The lowest BCUT2D eigenvalue weighted by atomic mass is 10.1. The Morgan fingerprint density at radius 3 is 2.47 bits per heavy atom. The Kier molecular flexibility index (Phi) is 5.31. The van der Waals surface area contributed by atoms with Gasteiger partial charge in [-0.1, -0.05) is 23.2 Å². The monoisotopic (exact) mass is 247 g/mol. The number of hydrogen-bond donors (Lipinski definition) is 0. The van der Waals surface area contributed by atoms with Crippen molar-refractivity contribution in [1.29, 1.82) is 0 Å². The summed E-state index contributed by atoms with van der Waals surface area (Å²) in [5.74, 6) is 5.09. The van der Waals surface area contributed by atoms with Crippen molar-refractivity contribution >= 4 is 23.4 Å². The van der Waals surface area contributed by atoms with Crippen molar-refractivity contribution in [2.24, 2.45) is 5.16 Å². The first-order valence-electron chi connectivity index (χ1n) is 5.00. The molecule has 0 N–H and O–H groups in total. The third-order valence-electron chi connectivity index (χ3n) is 1.87. The van der Waals surface area contributed by atoms with Crippen molar-refractivity contribution < 1.29 is 9.63 Å². The normalized spacial score (nSPS) is 10.4. The highest BCUT2D eigenvalue weighted by Gasteiger charge is 2.02. The van der Waals surface area contributed by atoms with E-state index in [1.165, 1.54) is 6.92 Å². The van der Waals surface area contributed by atoms with Crippen LogP contribution in [0.5, 0.6) is 0 Å². The first kappa shape index (κ1) is 13.3. The van der Waals surface area contributed by atoms with E-state index in [4.69, 9.17) is 0 Å². The van der Waals surface area contributed by atoms with E-state index in [-0.39, 0.29) is 0 Å². The van der Waals surface area contributed by atoms with Gasteiger partial charge in [-0.25, -0.2) is 4.79 Å². The summed E-state index contributed by atoms with van der Waals surface area (Å²) >= 11 is 1.66. The molecule has 0 saturated carbocycles. The smallest absolute Gasteiger partial charge is 0.317 e. The van der Waals surface area contributed by atoms with Gasteiger partial charge in [0, 0.05) is 17.4 Å². The lowest BCUT2D eigenvalue weighted by Crippen LogP contribution is -2.01. The highest BCUT2D eigenvalue weighted by atomic mass is 32.2. The number of thioether (sulfide) groups is 1. The van der Waals surface area contributed by atoms with Gasteiger partial charge < -0.3 is 4.84 Å². The highest BCUT2D eigenvalue weighted by Crippen LogP contribution is 2.15. The van der Waals surface area contributed by atoms with Crippen LogP contribution in [-0.4, -0.2) is 17.9 Å². The van der Waals surface area contributed by atoms with Crippen LogP contribution in [0.1, 0.15) is 19.4 Å². The zero-order valence-corrected chi connectivity index (χ0v) is 10.8. The van der Waals surface area contributed by atoms with E-state index in [2.05, 4.69) is 21.8 Å². The van der Waals surface area contributed by atoms with Crippen LogP contribution in [0.25, 0.3) is 0 Å². The molecule has 0 amide bonds. The van der Waals surface area contributed by atoms with E-state index in [0.717, 1.165) is 10.5 Å². The van der Waals surface area contributed by atoms with Crippen LogP contribution in [0, 0.1) is 11.8 Å². The highest BCUT2D eigenvalue weighted by molar-refractivity contribution is 7.98. The predicted octanol–water partition coefficient (Wildman–Crippen LogP) is 2.70. The van der Waals surface area contributed by atoms with Gasteiger partial charge in [-0.05, 0) is 31.2 Å². The second-order valence-corrected chi connectivity index (χ2v) is 4.01. The molecule has 0 bridgehead atoms. The maximum Gasteiger partial charge on any atom is 0.332 e. The van der Waals surface area contributed by atoms with E-state index in [1.54, 1.807) is 18.7 Å². The Balaban J connectivity index is 2.99. The average Bonchev–Trinajstić information content (AvgIpc) is 2.34. The molecule has 0 atom stereocenters. The Hall–Kier alpha value is -1.73. The Labute approximate surface area is 105 Å². The summed E-state index contributed by atoms with van der Waals surface area (Å²) < 4.78 is 0. The van der Waals surface area contributed by atoms with Crippen LogP contribution in [0.3, 0.4) is 0 Å². The zero-order chi connectivity index (χ0) is 12.7. The minimum atomic E-state index is -0.457. The van der Waals surface area contributed by atoms with Crippen LogP contribution >= 0.6 is 11.8 Å². The number of nitrogens with zero attached hydrogens (tertiary/aromatic N) is 1. The fourth-order valence-corrected chi connectivity index (χ4v) is 1.53. The van der Waals surface area contributed by atoms with Gasteiger partial charge in [0.25, 0.3) is 0 Å². The van der Waals surface area contributed by atoms with Crippen LogP contribution in [-0.2, 0) is 9.63 Å². The van der Waals surface area contributed by atoms with Gasteiger partial charge in [-0.15, -0.1) is 11.8 Å². The minimum Gasteiger partial charge on any atom is -0.317 e. The molecule has 1 aromatic carbocycles. The van der Waals surface area contributed by atoms with Crippen molar-refractivity contribution in [2.75, 3.05) is 6.26 Å². The molecule has 0 aromatic heterocycles. The molecule has 0 aliphatic rings. The number of carbonyl (C=O) groups excluding carboxylic acids is 1. The number of hydrogen-bond acceptors (Lipinski definition) is 4. The number of carbonyl (C=O) groups is 1. The van der Waals surface area contributed by atoms with Crippen molar-refractivity contribution in [3.63, 3.8) is 0 Å². The summed E-state index contributed by atoms with van der Waals surface area (Å²) in [5, 5.41) is 3.73. The van der Waals surface area contributed by atoms with Gasteiger partial charge in [0.15, 0.2) is 5.71 Å². The standard InChI is InChI=1S/C13H13NO2S/c1-4-5-13(14-16-10(2)15)11-6-8-12(17-3)9-7-11/h6-9H,1-3H3. The van der Waals surface area contributed by atoms with Gasteiger partial charge in [0.2, 0.25) is 0 Å². The van der Waals surface area contributed by atoms with Crippen molar-refractivity contribution in [2.45, 2.75) is 18.7 Å². The SMILES string of the molecule is CC#CC(=NOC(C)=O)c1ccc(SC)cc1. The Morgan fingerprint density at radius 1 is 1.35 bits per heavy atom. The van der Waals surface area contributed by atoms with E-state index in [0.29, 0.717) is 5.71 Å². The molecule has 0 spiro atoms. The van der Waals surface area contributed by atoms with Gasteiger partial charge in [0.05, 0.1) is 0 Å². The summed E-state index contributed by atoms with van der Waals surface area (Å²) in [6.07, 6.45) is 2.01. The quantitative estimate of drug-likeness (QED) is 0.271. The largest absolute Gasteiger partial charge is 0.332 e. The van der Waals surface area contributed by atoms with Crippen LogP contribution in [0.4, 0.5) is 0 Å². The lowest BCUT2D eigenvalue weighted by molar-refractivity contribution is -0.140. The van der Waals surface area contributed by atoms with Crippen molar-refractivity contribution in [3.8, 4) is 11.8 Å². The molecule has 0 unspecified atom stereocenters. The zero-order valence-electron chi connectivity index (χ0n) is 9.98. The molecule has 1 rings (SSSR count). The number of oxime groups is 1. The van der Waals surface area contributed by atoms with Gasteiger partial charge in [0.1, 0.15) is 0 Å². The van der Waals surface area contributed by atoms with E-state index < -0.39 is 5.97 Å². The predicted molar refractivity (Wildman–Crippen MR) is 70.0 cm³/mol. The molecular formula is C13H13NO2S.